The van der Waals surface area contributed by atoms with Crippen LogP contribution in [0.3, 0.4) is 0 Å². The van der Waals surface area contributed by atoms with Crippen LogP contribution in [0.1, 0.15) is 5.69 Å². The van der Waals surface area contributed by atoms with Gasteiger partial charge in [-0.25, -0.2) is 4.98 Å². The molecule has 1 aliphatic rings. The zero-order valence-corrected chi connectivity index (χ0v) is 13.3. The Morgan fingerprint density at radius 3 is 2.65 bits per heavy atom. The fourth-order valence-corrected chi connectivity index (χ4v) is 2.70. The molecule has 1 N–H and O–H groups in total. The van der Waals surface area contributed by atoms with Crippen LogP contribution in [0.2, 0.25) is 0 Å². The SMILES string of the molecule is Cc1cc(NC(=O)CN2CCN(c3ccccn3)CC2)ccn1. The molecule has 6 heteroatoms. The first kappa shape index (κ1) is 15.4. The first-order chi connectivity index (χ1) is 11.2. The Balaban J connectivity index is 1.48. The lowest BCUT2D eigenvalue weighted by Gasteiger charge is -2.34. The van der Waals surface area contributed by atoms with Gasteiger partial charge in [0.05, 0.1) is 6.54 Å². The smallest absolute Gasteiger partial charge is 0.238 e. The summed E-state index contributed by atoms with van der Waals surface area (Å²) >= 11 is 0. The van der Waals surface area contributed by atoms with Crippen molar-refractivity contribution < 1.29 is 4.79 Å². The van der Waals surface area contributed by atoms with Gasteiger partial charge in [0.25, 0.3) is 0 Å². The molecular weight excluding hydrogens is 290 g/mol. The predicted molar refractivity (Wildman–Crippen MR) is 90.5 cm³/mol. The van der Waals surface area contributed by atoms with Crippen LogP contribution in [0.5, 0.6) is 0 Å². The van der Waals surface area contributed by atoms with E-state index in [1.165, 1.54) is 0 Å². The third-order valence-corrected chi connectivity index (χ3v) is 3.89. The van der Waals surface area contributed by atoms with E-state index in [2.05, 4.69) is 25.1 Å². The van der Waals surface area contributed by atoms with Crippen molar-refractivity contribution in [2.24, 2.45) is 0 Å². The van der Waals surface area contributed by atoms with Crippen LogP contribution >= 0.6 is 0 Å². The number of nitrogens with one attached hydrogen (secondary N) is 1. The maximum atomic E-state index is 12.1. The Kier molecular flexibility index (Phi) is 4.83. The number of rotatable bonds is 4. The highest BCUT2D eigenvalue weighted by atomic mass is 16.2. The minimum absolute atomic E-state index is 0.0156. The van der Waals surface area contributed by atoms with Crippen molar-refractivity contribution in [2.75, 3.05) is 42.9 Å². The summed E-state index contributed by atoms with van der Waals surface area (Å²) in [5.74, 6) is 1.02. The molecule has 120 valence electrons. The third-order valence-electron chi connectivity index (χ3n) is 3.89. The summed E-state index contributed by atoms with van der Waals surface area (Å²) in [4.78, 5) is 25.1. The molecule has 0 saturated carbocycles. The van der Waals surface area contributed by atoms with Gasteiger partial charge in [0.2, 0.25) is 5.91 Å². The second-order valence-corrected chi connectivity index (χ2v) is 5.69. The molecule has 1 aliphatic heterocycles. The molecule has 0 radical (unpaired) electrons. The normalized spacial score (nSPS) is 15.4. The first-order valence-corrected chi connectivity index (χ1v) is 7.81. The molecule has 3 heterocycles. The average molecular weight is 311 g/mol. The average Bonchev–Trinajstić information content (AvgIpc) is 2.56. The number of nitrogens with zero attached hydrogens (tertiary/aromatic N) is 4. The molecule has 0 bridgehead atoms. The van der Waals surface area contributed by atoms with Crippen LogP contribution in [0.15, 0.2) is 42.7 Å². The van der Waals surface area contributed by atoms with E-state index in [1.807, 2.05) is 43.5 Å². The van der Waals surface area contributed by atoms with Crippen molar-refractivity contribution in [2.45, 2.75) is 6.92 Å². The van der Waals surface area contributed by atoms with Gasteiger partial charge >= 0.3 is 0 Å². The van der Waals surface area contributed by atoms with Crippen LogP contribution in [0, 0.1) is 6.92 Å². The fourth-order valence-electron chi connectivity index (χ4n) is 2.70. The molecule has 1 fully saturated rings. The molecule has 2 aromatic heterocycles. The minimum atomic E-state index is 0.0156. The van der Waals surface area contributed by atoms with Crippen LogP contribution in [0.25, 0.3) is 0 Å². The van der Waals surface area contributed by atoms with Crippen molar-refractivity contribution in [3.05, 3.63) is 48.4 Å². The van der Waals surface area contributed by atoms with E-state index in [-0.39, 0.29) is 5.91 Å². The summed E-state index contributed by atoms with van der Waals surface area (Å²) in [6.07, 6.45) is 3.52. The zero-order valence-electron chi connectivity index (χ0n) is 13.3. The van der Waals surface area contributed by atoms with Gasteiger partial charge in [0.1, 0.15) is 5.82 Å². The number of pyridine rings is 2. The lowest BCUT2D eigenvalue weighted by atomic mass is 10.3. The maximum absolute atomic E-state index is 12.1. The second kappa shape index (κ2) is 7.19. The molecule has 0 spiro atoms. The zero-order chi connectivity index (χ0) is 16.1. The van der Waals surface area contributed by atoms with E-state index in [0.717, 1.165) is 43.4 Å². The van der Waals surface area contributed by atoms with E-state index >= 15 is 0 Å². The lowest BCUT2D eigenvalue weighted by Crippen LogP contribution is -2.48. The highest BCUT2D eigenvalue weighted by Gasteiger charge is 2.19. The van der Waals surface area contributed by atoms with Crippen molar-refractivity contribution >= 4 is 17.4 Å². The van der Waals surface area contributed by atoms with E-state index in [1.54, 1.807) is 6.20 Å². The Morgan fingerprint density at radius 1 is 1.13 bits per heavy atom. The summed E-state index contributed by atoms with van der Waals surface area (Å²) in [5, 5.41) is 2.93. The molecule has 2 aromatic rings. The van der Waals surface area contributed by atoms with Crippen LogP contribution in [0.4, 0.5) is 11.5 Å². The number of piperazine rings is 1. The van der Waals surface area contributed by atoms with Crippen molar-refractivity contribution in [1.29, 1.82) is 0 Å². The van der Waals surface area contributed by atoms with Gasteiger partial charge in [0.15, 0.2) is 0 Å². The van der Waals surface area contributed by atoms with Crippen LogP contribution in [-0.4, -0.2) is 53.5 Å². The molecule has 0 unspecified atom stereocenters. The van der Waals surface area contributed by atoms with Gasteiger partial charge in [-0.15, -0.1) is 0 Å². The number of amides is 1. The summed E-state index contributed by atoms with van der Waals surface area (Å²) in [7, 11) is 0. The molecule has 0 atom stereocenters. The largest absolute Gasteiger partial charge is 0.354 e. The lowest BCUT2D eigenvalue weighted by molar-refractivity contribution is -0.117. The highest BCUT2D eigenvalue weighted by Crippen LogP contribution is 2.12. The van der Waals surface area contributed by atoms with Crippen molar-refractivity contribution in [1.82, 2.24) is 14.9 Å². The van der Waals surface area contributed by atoms with Crippen LogP contribution in [-0.2, 0) is 4.79 Å². The maximum Gasteiger partial charge on any atom is 0.238 e. The Hall–Kier alpha value is -2.47. The number of aromatic nitrogens is 2. The molecule has 0 aromatic carbocycles. The monoisotopic (exact) mass is 311 g/mol. The van der Waals surface area contributed by atoms with Gasteiger partial charge in [0, 0.05) is 50.0 Å². The van der Waals surface area contributed by atoms with E-state index in [9.17, 15) is 4.79 Å². The Morgan fingerprint density at radius 2 is 1.96 bits per heavy atom. The standard InChI is InChI=1S/C17H21N5O/c1-14-12-15(5-7-18-14)20-17(23)13-21-8-10-22(11-9-21)16-4-2-3-6-19-16/h2-7,12H,8-11,13H2,1H3,(H,18,20,23). The van der Waals surface area contributed by atoms with E-state index in [4.69, 9.17) is 0 Å². The second-order valence-electron chi connectivity index (χ2n) is 5.69. The number of carbonyl (C=O) groups excluding carboxylic acids is 1. The minimum Gasteiger partial charge on any atom is -0.354 e. The molecule has 1 amide bonds. The molecule has 23 heavy (non-hydrogen) atoms. The summed E-state index contributed by atoms with van der Waals surface area (Å²) in [6.45, 7) is 5.82. The predicted octanol–water partition coefficient (Wildman–Crippen LogP) is 1.55. The number of carbonyl (C=O) groups is 1. The Bertz CT molecular complexity index is 653. The van der Waals surface area contributed by atoms with Gasteiger partial charge in [-0.2, -0.15) is 0 Å². The van der Waals surface area contributed by atoms with Crippen molar-refractivity contribution in [3.8, 4) is 0 Å². The summed E-state index contributed by atoms with van der Waals surface area (Å²) in [6, 6.07) is 9.62. The van der Waals surface area contributed by atoms with Gasteiger partial charge < -0.3 is 10.2 Å². The Labute approximate surface area is 136 Å². The van der Waals surface area contributed by atoms with Crippen molar-refractivity contribution in [3.63, 3.8) is 0 Å². The molecular formula is C17H21N5O. The number of aryl methyl sites for hydroxylation is 1. The summed E-state index contributed by atoms with van der Waals surface area (Å²) in [5.41, 5.74) is 1.70. The van der Waals surface area contributed by atoms with Gasteiger partial charge in [-0.3, -0.25) is 14.7 Å². The van der Waals surface area contributed by atoms with E-state index < -0.39 is 0 Å². The number of hydrogen-bond donors (Lipinski definition) is 1. The molecule has 0 aliphatic carbocycles. The van der Waals surface area contributed by atoms with E-state index in [0.29, 0.717) is 6.54 Å². The fraction of sp³-hybridized carbons (Fsp3) is 0.353. The van der Waals surface area contributed by atoms with Gasteiger partial charge in [-0.1, -0.05) is 6.07 Å². The van der Waals surface area contributed by atoms with Crippen LogP contribution < -0.4 is 10.2 Å². The molecule has 1 saturated heterocycles. The molecule has 3 rings (SSSR count). The first-order valence-electron chi connectivity index (χ1n) is 7.81. The topological polar surface area (TPSA) is 61.4 Å². The highest BCUT2D eigenvalue weighted by molar-refractivity contribution is 5.92. The van der Waals surface area contributed by atoms with Gasteiger partial charge in [-0.05, 0) is 31.2 Å². The third kappa shape index (κ3) is 4.26. The molecule has 6 nitrogen and oxygen atoms in total. The quantitative estimate of drug-likeness (QED) is 0.928. The number of anilines is 2. The summed E-state index contributed by atoms with van der Waals surface area (Å²) < 4.78 is 0. The number of hydrogen-bond acceptors (Lipinski definition) is 5.